The number of aryl methyl sites for hydroxylation is 1. The van der Waals surface area contributed by atoms with Crippen LogP contribution in [-0.2, 0) is 6.54 Å². The molecule has 1 heterocycles. The molecular formula is C18H21NO2. The van der Waals surface area contributed by atoms with Gasteiger partial charge in [0.15, 0.2) is 0 Å². The molecule has 0 fully saturated rings. The lowest BCUT2D eigenvalue weighted by Gasteiger charge is -2.26. The van der Waals surface area contributed by atoms with Crippen LogP contribution in [0.3, 0.4) is 0 Å². The topological polar surface area (TPSA) is 44.5 Å². The Morgan fingerprint density at radius 3 is 2.90 bits per heavy atom. The van der Waals surface area contributed by atoms with E-state index in [1.165, 1.54) is 5.56 Å². The van der Waals surface area contributed by atoms with Gasteiger partial charge in [-0.25, -0.2) is 0 Å². The Bertz CT molecular complexity index is 624. The molecule has 1 aliphatic rings. The lowest BCUT2D eigenvalue weighted by molar-refractivity contribution is 0.216. The van der Waals surface area contributed by atoms with E-state index in [1.807, 2.05) is 24.3 Å². The lowest BCUT2D eigenvalue weighted by Crippen LogP contribution is -2.20. The molecule has 0 aliphatic carbocycles. The number of ether oxygens (including phenoxy) is 2. The smallest absolute Gasteiger partial charge is 0.126 e. The van der Waals surface area contributed by atoms with Crippen LogP contribution in [0, 0.1) is 6.92 Å². The van der Waals surface area contributed by atoms with Gasteiger partial charge in [0.2, 0.25) is 0 Å². The normalized spacial score (nSPS) is 17.0. The average molecular weight is 283 g/mol. The van der Waals surface area contributed by atoms with Crippen LogP contribution in [0.5, 0.6) is 11.5 Å². The lowest BCUT2D eigenvalue weighted by atomic mass is 9.94. The second-order valence-corrected chi connectivity index (χ2v) is 5.45. The molecule has 0 saturated carbocycles. The van der Waals surface area contributed by atoms with E-state index in [1.54, 1.807) is 0 Å². The van der Waals surface area contributed by atoms with Crippen LogP contribution in [0.15, 0.2) is 42.5 Å². The molecule has 1 unspecified atom stereocenters. The highest BCUT2D eigenvalue weighted by molar-refractivity contribution is 5.41. The largest absolute Gasteiger partial charge is 0.493 e. The molecule has 1 aliphatic heterocycles. The minimum atomic E-state index is 0.375. The zero-order valence-corrected chi connectivity index (χ0v) is 12.3. The zero-order chi connectivity index (χ0) is 14.7. The van der Waals surface area contributed by atoms with E-state index < -0.39 is 0 Å². The summed E-state index contributed by atoms with van der Waals surface area (Å²) in [6.07, 6.45) is 0.987. The van der Waals surface area contributed by atoms with Gasteiger partial charge >= 0.3 is 0 Å². The molecule has 2 aromatic carbocycles. The summed E-state index contributed by atoms with van der Waals surface area (Å²) in [5.41, 5.74) is 9.25. The van der Waals surface area contributed by atoms with Crippen molar-refractivity contribution in [2.45, 2.75) is 25.8 Å². The van der Waals surface area contributed by atoms with Crippen molar-refractivity contribution >= 4 is 0 Å². The summed E-state index contributed by atoms with van der Waals surface area (Å²) >= 11 is 0. The van der Waals surface area contributed by atoms with Gasteiger partial charge in [-0.05, 0) is 25.0 Å². The van der Waals surface area contributed by atoms with Gasteiger partial charge < -0.3 is 15.2 Å². The molecule has 1 atom stereocenters. The Morgan fingerprint density at radius 2 is 2.05 bits per heavy atom. The van der Waals surface area contributed by atoms with Crippen molar-refractivity contribution < 1.29 is 9.47 Å². The maximum atomic E-state index is 6.12. The molecule has 110 valence electrons. The maximum absolute atomic E-state index is 6.12. The van der Waals surface area contributed by atoms with Crippen molar-refractivity contribution in [3.63, 3.8) is 0 Å². The molecule has 0 bridgehead atoms. The number of hydrogen-bond donors (Lipinski definition) is 1. The summed E-state index contributed by atoms with van der Waals surface area (Å²) < 4.78 is 11.8. The van der Waals surface area contributed by atoms with Crippen LogP contribution in [0.2, 0.25) is 0 Å². The van der Waals surface area contributed by atoms with Crippen LogP contribution in [0.1, 0.15) is 29.0 Å². The summed E-state index contributed by atoms with van der Waals surface area (Å²) in [5.74, 6) is 2.30. The molecule has 0 amide bonds. The van der Waals surface area contributed by atoms with E-state index in [2.05, 4.69) is 25.1 Å². The first kappa shape index (κ1) is 14.0. The molecule has 0 spiro atoms. The summed E-state index contributed by atoms with van der Waals surface area (Å²) in [5, 5.41) is 0. The van der Waals surface area contributed by atoms with Crippen molar-refractivity contribution in [3.8, 4) is 11.5 Å². The fraction of sp³-hybridized carbons (Fsp3) is 0.333. The van der Waals surface area contributed by atoms with Crippen molar-refractivity contribution in [1.29, 1.82) is 0 Å². The van der Waals surface area contributed by atoms with E-state index in [9.17, 15) is 0 Å². The predicted molar refractivity (Wildman–Crippen MR) is 83.9 cm³/mol. The fourth-order valence-corrected chi connectivity index (χ4v) is 2.85. The fourth-order valence-electron chi connectivity index (χ4n) is 2.85. The quantitative estimate of drug-likeness (QED) is 0.935. The van der Waals surface area contributed by atoms with Gasteiger partial charge in [-0.15, -0.1) is 0 Å². The Labute approximate surface area is 125 Å². The predicted octanol–water partition coefficient (Wildman–Crippen LogP) is 3.40. The van der Waals surface area contributed by atoms with Crippen LogP contribution < -0.4 is 15.2 Å². The Hall–Kier alpha value is -2.00. The zero-order valence-electron chi connectivity index (χ0n) is 12.3. The van der Waals surface area contributed by atoms with E-state index in [0.717, 1.165) is 35.7 Å². The molecule has 0 radical (unpaired) electrons. The third-order valence-electron chi connectivity index (χ3n) is 4.02. The standard InChI is InChI=1S/C18H21NO2/c1-13-5-4-6-14(11-19)18(13)21-12-15-9-10-20-17-8-3-2-7-16(15)17/h2-8,15H,9-12,19H2,1H3. The maximum Gasteiger partial charge on any atom is 0.126 e. The van der Waals surface area contributed by atoms with Crippen molar-refractivity contribution in [2.24, 2.45) is 5.73 Å². The van der Waals surface area contributed by atoms with Gasteiger partial charge in [0, 0.05) is 23.6 Å². The molecule has 3 nitrogen and oxygen atoms in total. The number of rotatable bonds is 4. The van der Waals surface area contributed by atoms with Gasteiger partial charge in [-0.2, -0.15) is 0 Å². The van der Waals surface area contributed by atoms with Crippen LogP contribution in [0.4, 0.5) is 0 Å². The summed E-state index contributed by atoms with van der Waals surface area (Å²) in [6.45, 7) is 3.98. The molecule has 0 aromatic heterocycles. The van der Waals surface area contributed by atoms with Crippen molar-refractivity contribution in [2.75, 3.05) is 13.2 Å². The van der Waals surface area contributed by atoms with Crippen LogP contribution in [-0.4, -0.2) is 13.2 Å². The van der Waals surface area contributed by atoms with Crippen molar-refractivity contribution in [1.82, 2.24) is 0 Å². The molecule has 21 heavy (non-hydrogen) atoms. The third-order valence-corrected chi connectivity index (χ3v) is 4.02. The summed E-state index contributed by atoms with van der Waals surface area (Å²) in [7, 11) is 0. The molecule has 3 heteroatoms. The highest BCUT2D eigenvalue weighted by Crippen LogP contribution is 2.34. The highest BCUT2D eigenvalue weighted by Gasteiger charge is 2.22. The number of nitrogens with two attached hydrogens (primary N) is 1. The molecule has 2 N–H and O–H groups in total. The monoisotopic (exact) mass is 283 g/mol. The minimum Gasteiger partial charge on any atom is -0.493 e. The average Bonchev–Trinajstić information content (AvgIpc) is 2.53. The first-order valence-corrected chi connectivity index (χ1v) is 7.42. The Kier molecular flexibility index (Phi) is 4.11. The second-order valence-electron chi connectivity index (χ2n) is 5.45. The molecular weight excluding hydrogens is 262 g/mol. The van der Waals surface area contributed by atoms with Crippen LogP contribution >= 0.6 is 0 Å². The number of para-hydroxylation sites is 2. The molecule has 0 saturated heterocycles. The van der Waals surface area contributed by atoms with Gasteiger partial charge in [-0.3, -0.25) is 0 Å². The minimum absolute atomic E-state index is 0.375. The van der Waals surface area contributed by atoms with E-state index in [-0.39, 0.29) is 0 Å². The molecule has 2 aromatic rings. The van der Waals surface area contributed by atoms with Gasteiger partial charge in [0.1, 0.15) is 11.5 Å². The van der Waals surface area contributed by atoms with Crippen LogP contribution in [0.25, 0.3) is 0 Å². The van der Waals surface area contributed by atoms with Gasteiger partial charge in [0.25, 0.3) is 0 Å². The van der Waals surface area contributed by atoms with E-state index in [0.29, 0.717) is 19.1 Å². The van der Waals surface area contributed by atoms with E-state index >= 15 is 0 Å². The second kappa shape index (κ2) is 6.19. The van der Waals surface area contributed by atoms with E-state index in [4.69, 9.17) is 15.2 Å². The summed E-state index contributed by atoms with van der Waals surface area (Å²) in [6, 6.07) is 14.3. The Balaban J connectivity index is 1.78. The third kappa shape index (κ3) is 2.88. The summed E-state index contributed by atoms with van der Waals surface area (Å²) in [4.78, 5) is 0. The number of benzene rings is 2. The Morgan fingerprint density at radius 1 is 1.19 bits per heavy atom. The highest BCUT2D eigenvalue weighted by atomic mass is 16.5. The number of fused-ring (bicyclic) bond motifs is 1. The van der Waals surface area contributed by atoms with Gasteiger partial charge in [-0.1, -0.05) is 36.4 Å². The number of hydrogen-bond acceptors (Lipinski definition) is 3. The SMILES string of the molecule is Cc1cccc(CN)c1OCC1CCOc2ccccc21. The first-order valence-electron chi connectivity index (χ1n) is 7.42. The van der Waals surface area contributed by atoms with Gasteiger partial charge in [0.05, 0.1) is 13.2 Å². The first-order chi connectivity index (χ1) is 10.3. The molecule has 3 rings (SSSR count). The van der Waals surface area contributed by atoms with Crippen molar-refractivity contribution in [3.05, 3.63) is 59.2 Å².